The highest BCUT2D eigenvalue weighted by Crippen LogP contribution is 2.35. The third kappa shape index (κ3) is 5.00. The van der Waals surface area contributed by atoms with Gasteiger partial charge in [-0.25, -0.2) is 19.3 Å². The van der Waals surface area contributed by atoms with Crippen molar-refractivity contribution in [3.63, 3.8) is 0 Å². The molecule has 0 saturated heterocycles. The molecule has 0 aliphatic heterocycles. The minimum Gasteiger partial charge on any atom is -0.493 e. The molecule has 0 spiro atoms. The van der Waals surface area contributed by atoms with Crippen molar-refractivity contribution < 1.29 is 13.9 Å². The zero-order valence-corrected chi connectivity index (χ0v) is 18.4. The van der Waals surface area contributed by atoms with Crippen molar-refractivity contribution in [2.24, 2.45) is 0 Å². The SMILES string of the molecule is COc1cc2c(Nc3ccc(Cl)cc3F)ncnc2cc1OCCSc1ncc(C)[nH]1. The molecule has 2 aromatic carbocycles. The van der Waals surface area contributed by atoms with Crippen LogP contribution in [-0.2, 0) is 0 Å². The van der Waals surface area contributed by atoms with Gasteiger partial charge in [0, 0.05) is 34.1 Å². The molecule has 0 aliphatic carbocycles. The highest BCUT2D eigenvalue weighted by Gasteiger charge is 2.13. The number of halogens is 2. The number of fused-ring (bicyclic) bond motifs is 1. The topological polar surface area (TPSA) is 84.9 Å². The number of hydrogen-bond acceptors (Lipinski definition) is 7. The summed E-state index contributed by atoms with van der Waals surface area (Å²) in [6.07, 6.45) is 3.20. The number of nitrogens with zero attached hydrogens (tertiary/aromatic N) is 3. The van der Waals surface area contributed by atoms with Gasteiger partial charge in [-0.1, -0.05) is 23.4 Å². The lowest BCUT2D eigenvalue weighted by molar-refractivity contribution is 0.314. The van der Waals surface area contributed by atoms with Crippen molar-refractivity contribution in [1.82, 2.24) is 19.9 Å². The lowest BCUT2D eigenvalue weighted by Crippen LogP contribution is -2.03. The minimum atomic E-state index is -0.476. The molecular weight excluding hydrogens is 441 g/mol. The van der Waals surface area contributed by atoms with Crippen molar-refractivity contribution >= 4 is 45.8 Å². The first-order valence-electron chi connectivity index (χ1n) is 9.35. The molecule has 0 fully saturated rings. The highest BCUT2D eigenvalue weighted by molar-refractivity contribution is 7.99. The lowest BCUT2D eigenvalue weighted by Gasteiger charge is -2.14. The van der Waals surface area contributed by atoms with Crippen molar-refractivity contribution in [2.75, 3.05) is 24.8 Å². The van der Waals surface area contributed by atoms with Gasteiger partial charge in [-0.15, -0.1) is 0 Å². The quantitative estimate of drug-likeness (QED) is 0.270. The Morgan fingerprint density at radius 2 is 2.03 bits per heavy atom. The van der Waals surface area contributed by atoms with Crippen LogP contribution in [0.2, 0.25) is 5.02 Å². The van der Waals surface area contributed by atoms with Gasteiger partial charge in [0.2, 0.25) is 0 Å². The van der Waals surface area contributed by atoms with E-state index in [9.17, 15) is 4.39 Å². The van der Waals surface area contributed by atoms with Crippen LogP contribution in [-0.4, -0.2) is 39.4 Å². The second-order valence-electron chi connectivity index (χ2n) is 6.56. The molecule has 31 heavy (non-hydrogen) atoms. The van der Waals surface area contributed by atoms with Crippen LogP contribution in [0.3, 0.4) is 0 Å². The van der Waals surface area contributed by atoms with Crippen molar-refractivity contribution in [1.29, 1.82) is 0 Å². The summed E-state index contributed by atoms with van der Waals surface area (Å²) in [6, 6.07) is 7.94. The molecule has 4 rings (SSSR count). The molecule has 0 atom stereocenters. The fourth-order valence-corrected chi connectivity index (χ4v) is 3.79. The Morgan fingerprint density at radius 1 is 1.16 bits per heavy atom. The van der Waals surface area contributed by atoms with Gasteiger partial charge < -0.3 is 19.8 Å². The second kappa shape index (κ2) is 9.40. The van der Waals surface area contributed by atoms with Gasteiger partial charge in [-0.05, 0) is 31.2 Å². The molecule has 10 heteroatoms. The summed E-state index contributed by atoms with van der Waals surface area (Å²) >= 11 is 7.40. The first kappa shape index (κ1) is 21.2. The number of ether oxygens (including phenoxy) is 2. The number of nitrogens with one attached hydrogen (secondary N) is 2. The summed E-state index contributed by atoms with van der Waals surface area (Å²) in [6.45, 7) is 2.41. The van der Waals surface area contributed by atoms with Crippen LogP contribution in [0.25, 0.3) is 10.9 Å². The van der Waals surface area contributed by atoms with E-state index in [0.717, 1.165) is 10.9 Å². The predicted molar refractivity (Wildman–Crippen MR) is 120 cm³/mol. The molecule has 4 aromatic rings. The fourth-order valence-electron chi connectivity index (χ4n) is 2.91. The molecule has 0 amide bonds. The van der Waals surface area contributed by atoms with Crippen LogP contribution in [0.1, 0.15) is 5.69 Å². The van der Waals surface area contributed by atoms with Crippen molar-refractivity contribution in [3.05, 3.63) is 59.4 Å². The zero-order valence-electron chi connectivity index (χ0n) is 16.8. The molecule has 0 unspecified atom stereocenters. The molecule has 0 aliphatic rings. The Morgan fingerprint density at radius 3 is 2.77 bits per heavy atom. The number of anilines is 2. The number of hydrogen-bond donors (Lipinski definition) is 2. The van der Waals surface area contributed by atoms with Crippen LogP contribution in [0.4, 0.5) is 15.9 Å². The van der Waals surface area contributed by atoms with E-state index in [4.69, 9.17) is 21.1 Å². The van der Waals surface area contributed by atoms with Crippen molar-refractivity contribution in [3.8, 4) is 11.5 Å². The van der Waals surface area contributed by atoms with E-state index in [2.05, 4.69) is 25.3 Å². The van der Waals surface area contributed by atoms with Gasteiger partial charge in [0.1, 0.15) is 18.0 Å². The highest BCUT2D eigenvalue weighted by atomic mass is 35.5. The van der Waals surface area contributed by atoms with Gasteiger partial charge >= 0.3 is 0 Å². The molecule has 0 radical (unpaired) electrons. The smallest absolute Gasteiger partial charge is 0.165 e. The maximum Gasteiger partial charge on any atom is 0.165 e. The number of aromatic amines is 1. The molecule has 2 heterocycles. The Hall–Kier alpha value is -3.04. The van der Waals surface area contributed by atoms with Gasteiger partial charge in [-0.3, -0.25) is 0 Å². The molecule has 160 valence electrons. The summed E-state index contributed by atoms with van der Waals surface area (Å²) in [5.41, 5.74) is 1.91. The number of aryl methyl sites for hydroxylation is 1. The monoisotopic (exact) mass is 459 g/mol. The third-order valence-electron chi connectivity index (χ3n) is 4.36. The maximum atomic E-state index is 14.2. The van der Waals surface area contributed by atoms with Crippen LogP contribution in [0.5, 0.6) is 11.5 Å². The van der Waals surface area contributed by atoms with E-state index in [0.29, 0.717) is 45.6 Å². The lowest BCUT2D eigenvalue weighted by atomic mass is 10.2. The number of rotatable bonds is 8. The molecular formula is C21H19ClFN5O2S. The molecule has 2 N–H and O–H groups in total. The first-order chi connectivity index (χ1) is 15.0. The average Bonchev–Trinajstić information content (AvgIpc) is 3.17. The Labute approximate surface area is 187 Å². The van der Waals surface area contributed by atoms with Gasteiger partial charge in [0.15, 0.2) is 16.7 Å². The summed E-state index contributed by atoms with van der Waals surface area (Å²) in [5.74, 6) is 1.77. The van der Waals surface area contributed by atoms with E-state index in [1.165, 1.54) is 12.4 Å². The first-order valence-corrected chi connectivity index (χ1v) is 10.7. The van der Waals surface area contributed by atoms with Crippen LogP contribution < -0.4 is 14.8 Å². The van der Waals surface area contributed by atoms with E-state index < -0.39 is 5.82 Å². The Bertz CT molecular complexity index is 1220. The average molecular weight is 460 g/mol. The normalized spacial score (nSPS) is 11.0. The summed E-state index contributed by atoms with van der Waals surface area (Å²) in [7, 11) is 1.56. The van der Waals surface area contributed by atoms with Crippen LogP contribution >= 0.6 is 23.4 Å². The van der Waals surface area contributed by atoms with Crippen LogP contribution in [0, 0.1) is 12.7 Å². The Balaban J connectivity index is 1.53. The molecule has 0 saturated carbocycles. The summed E-state index contributed by atoms with van der Waals surface area (Å²) < 4.78 is 25.6. The largest absolute Gasteiger partial charge is 0.493 e. The van der Waals surface area contributed by atoms with E-state index >= 15 is 0 Å². The molecule has 7 nitrogen and oxygen atoms in total. The number of thioether (sulfide) groups is 1. The number of aromatic nitrogens is 4. The maximum absolute atomic E-state index is 14.2. The second-order valence-corrected chi connectivity index (χ2v) is 8.08. The number of imidazole rings is 1. The number of benzene rings is 2. The standard InChI is InChI=1S/C21H19ClFN5O2S/c1-12-10-24-21(27-12)31-6-5-30-19-9-17-14(8-18(19)29-2)20(26-11-25-17)28-16-4-3-13(22)7-15(16)23/h3-4,7-11H,5-6H2,1-2H3,(H,24,27)(H,25,26,28). The summed E-state index contributed by atoms with van der Waals surface area (Å²) in [5, 5.41) is 4.83. The van der Waals surface area contributed by atoms with Gasteiger partial charge in [0.05, 0.1) is 24.9 Å². The fraction of sp³-hybridized carbons (Fsp3) is 0.190. The predicted octanol–water partition coefficient (Wildman–Crippen LogP) is 5.38. The number of methoxy groups -OCH3 is 1. The van der Waals surface area contributed by atoms with E-state index in [1.54, 1.807) is 49.3 Å². The third-order valence-corrected chi connectivity index (χ3v) is 5.45. The van der Waals surface area contributed by atoms with Gasteiger partial charge in [-0.2, -0.15) is 0 Å². The van der Waals surface area contributed by atoms with Gasteiger partial charge in [0.25, 0.3) is 0 Å². The van der Waals surface area contributed by atoms with Crippen LogP contribution in [0.15, 0.2) is 48.0 Å². The zero-order chi connectivity index (χ0) is 21.8. The van der Waals surface area contributed by atoms with E-state index in [1.807, 2.05) is 6.92 Å². The Kier molecular flexibility index (Phi) is 6.43. The molecule has 0 bridgehead atoms. The minimum absolute atomic E-state index is 0.258. The van der Waals surface area contributed by atoms with E-state index in [-0.39, 0.29) is 5.69 Å². The summed E-state index contributed by atoms with van der Waals surface area (Å²) in [4.78, 5) is 16.0. The number of H-pyrrole nitrogens is 1. The molecule has 2 aromatic heterocycles. The van der Waals surface area contributed by atoms with Crippen molar-refractivity contribution in [2.45, 2.75) is 12.1 Å².